The Bertz CT molecular complexity index is 524. The number of rotatable bonds is 4. The largest absolute Gasteiger partial charge is 0.322 e. The number of carbonyl (C=O) groups is 1. The van der Waals surface area contributed by atoms with Crippen LogP contribution in [0.1, 0.15) is 6.92 Å². The Hall–Kier alpha value is -2.50. The summed E-state index contributed by atoms with van der Waals surface area (Å²) >= 11 is 0. The van der Waals surface area contributed by atoms with Crippen molar-refractivity contribution >= 4 is 17.3 Å². The molecule has 0 spiro atoms. The molecule has 0 fully saturated rings. The van der Waals surface area contributed by atoms with Crippen LogP contribution in [-0.2, 0) is 4.79 Å². The van der Waals surface area contributed by atoms with Gasteiger partial charge in [-0.1, -0.05) is 18.2 Å². The van der Waals surface area contributed by atoms with Gasteiger partial charge in [0.15, 0.2) is 0 Å². The molecule has 0 atom stereocenters. The lowest BCUT2D eigenvalue weighted by Gasteiger charge is -2.02. The Balaban J connectivity index is 2.77. The Morgan fingerprint density at radius 1 is 1.44 bits per heavy atom. The van der Waals surface area contributed by atoms with Gasteiger partial charge in [-0.25, -0.2) is 0 Å². The molecule has 1 amide bonds. The lowest BCUT2D eigenvalue weighted by atomic mass is 10.2. The van der Waals surface area contributed by atoms with E-state index >= 15 is 0 Å². The Morgan fingerprint density at radius 3 is 2.72 bits per heavy atom. The quantitative estimate of drug-likeness (QED) is 0.386. The number of halogens is 1. The number of nitro benzene ring substituents is 1. The molecule has 5 nitrogen and oxygen atoms in total. The maximum Gasteiger partial charge on any atom is 0.304 e. The van der Waals surface area contributed by atoms with E-state index in [2.05, 4.69) is 5.32 Å². The van der Waals surface area contributed by atoms with E-state index in [1.54, 1.807) is 19.1 Å². The summed E-state index contributed by atoms with van der Waals surface area (Å²) in [6, 6.07) is 3.17. The zero-order chi connectivity index (χ0) is 13.5. The van der Waals surface area contributed by atoms with E-state index in [4.69, 9.17) is 0 Å². The average molecular weight is 250 g/mol. The van der Waals surface area contributed by atoms with Crippen molar-refractivity contribution in [2.24, 2.45) is 0 Å². The zero-order valence-corrected chi connectivity index (χ0v) is 9.59. The van der Waals surface area contributed by atoms with Gasteiger partial charge in [-0.2, -0.15) is 4.39 Å². The molecule has 18 heavy (non-hydrogen) atoms. The lowest BCUT2D eigenvalue weighted by Crippen LogP contribution is -2.08. The molecule has 0 saturated carbocycles. The standard InChI is InChI=1S/C12H11FN2O3/c1-2-3-4-5-12(16)14-9-6-7-11(15(17)18)10(13)8-9/h2-8H,1H3,(H,14,16)/b3-2+,5-4+. The number of hydrogen-bond acceptors (Lipinski definition) is 3. The molecule has 0 aromatic heterocycles. The number of allylic oxidation sites excluding steroid dienone is 3. The fourth-order valence-electron chi connectivity index (χ4n) is 1.17. The van der Waals surface area contributed by atoms with Crippen LogP contribution in [0.2, 0.25) is 0 Å². The summed E-state index contributed by atoms with van der Waals surface area (Å²) in [7, 11) is 0. The van der Waals surface area contributed by atoms with Crippen LogP contribution in [0.4, 0.5) is 15.8 Å². The molecule has 1 rings (SSSR count). The first kappa shape index (κ1) is 13.6. The minimum Gasteiger partial charge on any atom is -0.322 e. The molecule has 0 saturated heterocycles. The highest BCUT2D eigenvalue weighted by atomic mass is 19.1. The van der Waals surface area contributed by atoms with E-state index in [1.807, 2.05) is 0 Å². The monoisotopic (exact) mass is 250 g/mol. The molecule has 0 unspecified atom stereocenters. The molecule has 6 heteroatoms. The highest BCUT2D eigenvalue weighted by Gasteiger charge is 2.13. The van der Waals surface area contributed by atoms with Crippen molar-refractivity contribution in [1.29, 1.82) is 0 Å². The maximum atomic E-state index is 13.2. The molecule has 1 aromatic rings. The second kappa shape index (κ2) is 6.29. The number of amides is 1. The van der Waals surface area contributed by atoms with Crippen molar-refractivity contribution < 1.29 is 14.1 Å². The van der Waals surface area contributed by atoms with E-state index in [-0.39, 0.29) is 5.69 Å². The van der Waals surface area contributed by atoms with Crippen LogP contribution in [0.5, 0.6) is 0 Å². The molecule has 0 aliphatic rings. The Labute approximate surface area is 103 Å². The predicted molar refractivity (Wildman–Crippen MR) is 65.6 cm³/mol. The van der Waals surface area contributed by atoms with Crippen LogP contribution >= 0.6 is 0 Å². The van der Waals surface area contributed by atoms with E-state index in [9.17, 15) is 19.3 Å². The number of anilines is 1. The highest BCUT2D eigenvalue weighted by molar-refractivity contribution is 5.99. The van der Waals surface area contributed by atoms with Gasteiger partial charge in [0.2, 0.25) is 11.7 Å². The minimum absolute atomic E-state index is 0.160. The van der Waals surface area contributed by atoms with Gasteiger partial charge in [0.1, 0.15) is 0 Å². The number of carbonyl (C=O) groups excluding carboxylic acids is 1. The third-order valence-electron chi connectivity index (χ3n) is 1.96. The first-order valence-corrected chi connectivity index (χ1v) is 5.09. The maximum absolute atomic E-state index is 13.2. The normalized spacial score (nSPS) is 11.0. The molecule has 1 N–H and O–H groups in total. The lowest BCUT2D eigenvalue weighted by molar-refractivity contribution is -0.387. The molecular weight excluding hydrogens is 239 g/mol. The summed E-state index contributed by atoms with van der Waals surface area (Å²) in [5.41, 5.74) is -0.467. The third kappa shape index (κ3) is 3.82. The van der Waals surface area contributed by atoms with Gasteiger partial charge in [-0.3, -0.25) is 14.9 Å². The topological polar surface area (TPSA) is 72.2 Å². The predicted octanol–water partition coefficient (Wildman–Crippen LogP) is 2.80. The molecule has 94 valence electrons. The SMILES string of the molecule is C/C=C/C=C/C(=O)Nc1ccc([N+](=O)[O-])c(F)c1. The summed E-state index contributed by atoms with van der Waals surface area (Å²) in [4.78, 5) is 20.9. The van der Waals surface area contributed by atoms with Gasteiger partial charge in [0.25, 0.3) is 0 Å². The van der Waals surface area contributed by atoms with E-state index in [1.165, 1.54) is 18.2 Å². The third-order valence-corrected chi connectivity index (χ3v) is 1.96. The fourth-order valence-corrected chi connectivity index (χ4v) is 1.17. The second-order valence-electron chi connectivity index (χ2n) is 3.30. The van der Waals surface area contributed by atoms with Gasteiger partial charge in [0, 0.05) is 23.9 Å². The molecule has 0 heterocycles. The van der Waals surface area contributed by atoms with Crippen molar-refractivity contribution in [1.82, 2.24) is 0 Å². The van der Waals surface area contributed by atoms with Crippen molar-refractivity contribution in [3.05, 3.63) is 58.4 Å². The average Bonchev–Trinajstić information content (AvgIpc) is 2.28. The van der Waals surface area contributed by atoms with Crippen LogP contribution in [0.15, 0.2) is 42.5 Å². The minimum atomic E-state index is -0.991. The molecular formula is C12H11FN2O3. The Kier molecular flexibility index (Phi) is 4.74. The van der Waals surface area contributed by atoms with Gasteiger partial charge >= 0.3 is 5.69 Å². The van der Waals surface area contributed by atoms with Gasteiger partial charge in [-0.05, 0) is 13.0 Å². The Morgan fingerprint density at radius 2 is 2.17 bits per heavy atom. The van der Waals surface area contributed by atoms with Gasteiger partial charge < -0.3 is 5.32 Å². The second-order valence-corrected chi connectivity index (χ2v) is 3.30. The molecule has 0 aliphatic carbocycles. The molecule has 0 radical (unpaired) electrons. The molecule has 1 aromatic carbocycles. The summed E-state index contributed by atoms with van der Waals surface area (Å²) in [5, 5.41) is 12.8. The molecule has 0 bridgehead atoms. The van der Waals surface area contributed by atoms with E-state index < -0.39 is 22.3 Å². The number of hydrogen-bond donors (Lipinski definition) is 1. The van der Waals surface area contributed by atoms with Crippen molar-refractivity contribution in [3.63, 3.8) is 0 Å². The first-order chi connectivity index (χ1) is 8.54. The summed E-state index contributed by atoms with van der Waals surface area (Å²) in [6.07, 6.45) is 6.20. The summed E-state index contributed by atoms with van der Waals surface area (Å²) < 4.78 is 13.2. The van der Waals surface area contributed by atoms with E-state index in [0.717, 1.165) is 12.1 Å². The van der Waals surface area contributed by atoms with Crippen molar-refractivity contribution in [3.8, 4) is 0 Å². The first-order valence-electron chi connectivity index (χ1n) is 5.09. The highest BCUT2D eigenvalue weighted by Crippen LogP contribution is 2.20. The zero-order valence-electron chi connectivity index (χ0n) is 9.59. The van der Waals surface area contributed by atoms with Crippen LogP contribution in [-0.4, -0.2) is 10.8 Å². The van der Waals surface area contributed by atoms with Crippen molar-refractivity contribution in [2.45, 2.75) is 6.92 Å². The molecule has 0 aliphatic heterocycles. The van der Waals surface area contributed by atoms with Crippen LogP contribution in [0.3, 0.4) is 0 Å². The summed E-state index contributed by atoms with van der Waals surface area (Å²) in [6.45, 7) is 1.80. The fraction of sp³-hybridized carbons (Fsp3) is 0.0833. The number of nitrogens with one attached hydrogen (secondary N) is 1. The summed E-state index contributed by atoms with van der Waals surface area (Å²) in [5.74, 6) is -1.43. The van der Waals surface area contributed by atoms with Crippen molar-refractivity contribution in [2.75, 3.05) is 5.32 Å². The number of benzene rings is 1. The number of nitro groups is 1. The van der Waals surface area contributed by atoms with E-state index in [0.29, 0.717) is 0 Å². The van der Waals surface area contributed by atoms with Crippen LogP contribution in [0.25, 0.3) is 0 Å². The van der Waals surface area contributed by atoms with Gasteiger partial charge in [0.05, 0.1) is 4.92 Å². The van der Waals surface area contributed by atoms with Crippen LogP contribution in [0, 0.1) is 15.9 Å². The van der Waals surface area contributed by atoms with Crippen LogP contribution < -0.4 is 5.32 Å². The number of nitrogens with zero attached hydrogens (tertiary/aromatic N) is 1. The van der Waals surface area contributed by atoms with Gasteiger partial charge in [-0.15, -0.1) is 0 Å². The smallest absolute Gasteiger partial charge is 0.304 e.